The van der Waals surface area contributed by atoms with Crippen molar-refractivity contribution in [2.75, 3.05) is 0 Å². The predicted molar refractivity (Wildman–Crippen MR) is 86.0 cm³/mol. The van der Waals surface area contributed by atoms with Crippen molar-refractivity contribution in [1.29, 1.82) is 0 Å². The van der Waals surface area contributed by atoms with Crippen LogP contribution in [0.3, 0.4) is 0 Å². The SMILES string of the molecule is Cc1ccc(C(C)C)c(-c2ccc3c(F)cccc3n2)c1. The van der Waals surface area contributed by atoms with Gasteiger partial charge in [0.25, 0.3) is 0 Å². The zero-order valence-electron chi connectivity index (χ0n) is 12.5. The summed E-state index contributed by atoms with van der Waals surface area (Å²) in [7, 11) is 0. The summed E-state index contributed by atoms with van der Waals surface area (Å²) in [4.78, 5) is 4.65. The van der Waals surface area contributed by atoms with Crippen molar-refractivity contribution in [3.63, 3.8) is 0 Å². The fourth-order valence-corrected chi connectivity index (χ4v) is 2.66. The zero-order chi connectivity index (χ0) is 15.0. The lowest BCUT2D eigenvalue weighted by Gasteiger charge is -2.14. The first-order chi connectivity index (χ1) is 10.1. The minimum absolute atomic E-state index is 0.222. The molecule has 0 bridgehead atoms. The molecular weight excluding hydrogens is 261 g/mol. The molecule has 3 aromatic rings. The number of aromatic nitrogens is 1. The topological polar surface area (TPSA) is 12.9 Å². The van der Waals surface area contributed by atoms with Gasteiger partial charge < -0.3 is 0 Å². The summed E-state index contributed by atoms with van der Waals surface area (Å²) in [6.45, 7) is 6.43. The maximum absolute atomic E-state index is 13.8. The molecule has 1 nitrogen and oxygen atoms in total. The van der Waals surface area contributed by atoms with Gasteiger partial charge in [0.1, 0.15) is 5.82 Å². The second kappa shape index (κ2) is 5.28. The summed E-state index contributed by atoms with van der Waals surface area (Å²) >= 11 is 0. The minimum Gasteiger partial charge on any atom is -0.248 e. The third-order valence-corrected chi connectivity index (χ3v) is 3.79. The Morgan fingerprint density at radius 3 is 2.57 bits per heavy atom. The van der Waals surface area contributed by atoms with E-state index in [9.17, 15) is 4.39 Å². The highest BCUT2D eigenvalue weighted by Crippen LogP contribution is 2.30. The Kier molecular flexibility index (Phi) is 3.46. The Morgan fingerprint density at radius 1 is 1.00 bits per heavy atom. The van der Waals surface area contributed by atoms with E-state index in [1.54, 1.807) is 6.07 Å². The van der Waals surface area contributed by atoms with Gasteiger partial charge >= 0.3 is 0 Å². The van der Waals surface area contributed by atoms with Crippen LogP contribution in [0.15, 0.2) is 48.5 Å². The van der Waals surface area contributed by atoms with Crippen LogP contribution in [0, 0.1) is 12.7 Å². The van der Waals surface area contributed by atoms with Gasteiger partial charge in [-0.1, -0.05) is 37.6 Å². The average molecular weight is 279 g/mol. The molecule has 2 aromatic carbocycles. The largest absolute Gasteiger partial charge is 0.248 e. The first kappa shape index (κ1) is 13.7. The zero-order valence-corrected chi connectivity index (χ0v) is 12.5. The molecule has 3 rings (SSSR count). The average Bonchev–Trinajstić information content (AvgIpc) is 2.46. The maximum Gasteiger partial charge on any atom is 0.132 e. The van der Waals surface area contributed by atoms with Crippen molar-refractivity contribution in [2.24, 2.45) is 0 Å². The van der Waals surface area contributed by atoms with Crippen molar-refractivity contribution in [1.82, 2.24) is 4.98 Å². The summed E-state index contributed by atoms with van der Waals surface area (Å²) in [6, 6.07) is 15.2. The Labute approximate surface area is 124 Å². The van der Waals surface area contributed by atoms with Gasteiger partial charge in [0.05, 0.1) is 11.2 Å². The van der Waals surface area contributed by atoms with Crippen molar-refractivity contribution in [3.05, 3.63) is 65.5 Å². The van der Waals surface area contributed by atoms with Crippen LogP contribution in [0.4, 0.5) is 4.39 Å². The fraction of sp³-hybridized carbons (Fsp3) is 0.211. The van der Waals surface area contributed by atoms with Gasteiger partial charge in [0, 0.05) is 10.9 Å². The molecule has 0 saturated carbocycles. The van der Waals surface area contributed by atoms with E-state index < -0.39 is 0 Å². The number of halogens is 1. The summed E-state index contributed by atoms with van der Waals surface area (Å²) < 4.78 is 13.8. The van der Waals surface area contributed by atoms with Gasteiger partial charge in [0.15, 0.2) is 0 Å². The molecule has 1 heterocycles. The molecule has 0 aliphatic carbocycles. The summed E-state index contributed by atoms with van der Waals surface area (Å²) in [5.41, 5.74) is 5.21. The smallest absolute Gasteiger partial charge is 0.132 e. The third-order valence-electron chi connectivity index (χ3n) is 3.79. The number of nitrogens with zero attached hydrogens (tertiary/aromatic N) is 1. The number of fused-ring (bicyclic) bond motifs is 1. The quantitative estimate of drug-likeness (QED) is 0.606. The maximum atomic E-state index is 13.8. The Balaban J connectivity index is 2.23. The van der Waals surface area contributed by atoms with E-state index >= 15 is 0 Å². The first-order valence-corrected chi connectivity index (χ1v) is 7.22. The molecule has 0 saturated heterocycles. The lowest BCUT2D eigenvalue weighted by atomic mass is 9.93. The number of benzene rings is 2. The van der Waals surface area contributed by atoms with Gasteiger partial charge in [-0.15, -0.1) is 0 Å². The molecule has 0 fully saturated rings. The fourth-order valence-electron chi connectivity index (χ4n) is 2.66. The lowest BCUT2D eigenvalue weighted by Crippen LogP contribution is -1.95. The van der Waals surface area contributed by atoms with Gasteiger partial charge in [-0.3, -0.25) is 0 Å². The molecule has 0 radical (unpaired) electrons. The molecule has 21 heavy (non-hydrogen) atoms. The second-order valence-electron chi connectivity index (χ2n) is 5.75. The number of pyridine rings is 1. The van der Waals surface area contributed by atoms with Gasteiger partial charge in [-0.05, 0) is 48.7 Å². The summed E-state index contributed by atoms with van der Waals surface area (Å²) in [5, 5.41) is 0.569. The van der Waals surface area contributed by atoms with Crippen LogP contribution in [0.2, 0.25) is 0 Å². The Bertz CT molecular complexity index is 806. The number of hydrogen-bond donors (Lipinski definition) is 0. The monoisotopic (exact) mass is 279 g/mol. The van der Waals surface area contributed by atoms with Gasteiger partial charge in [0.2, 0.25) is 0 Å². The molecule has 2 heteroatoms. The van der Waals surface area contributed by atoms with Crippen LogP contribution in [-0.4, -0.2) is 4.98 Å². The standard InChI is InChI=1S/C19H18FN/c1-12(2)14-8-7-13(3)11-16(14)19-10-9-15-17(20)5-4-6-18(15)21-19/h4-12H,1-3H3. The summed E-state index contributed by atoms with van der Waals surface area (Å²) in [6.07, 6.45) is 0. The van der Waals surface area contributed by atoms with Crippen LogP contribution in [-0.2, 0) is 0 Å². The van der Waals surface area contributed by atoms with Crippen LogP contribution >= 0.6 is 0 Å². The Hall–Kier alpha value is -2.22. The van der Waals surface area contributed by atoms with Crippen LogP contribution in [0.1, 0.15) is 30.9 Å². The predicted octanol–water partition coefficient (Wildman–Crippen LogP) is 5.47. The van der Waals surface area contributed by atoms with Gasteiger partial charge in [-0.2, -0.15) is 0 Å². The van der Waals surface area contributed by atoms with E-state index in [1.165, 1.54) is 17.2 Å². The second-order valence-corrected chi connectivity index (χ2v) is 5.75. The highest BCUT2D eigenvalue weighted by Gasteiger charge is 2.11. The van der Waals surface area contributed by atoms with E-state index in [0.29, 0.717) is 16.8 Å². The highest BCUT2D eigenvalue weighted by molar-refractivity contribution is 5.82. The first-order valence-electron chi connectivity index (χ1n) is 7.22. The number of hydrogen-bond acceptors (Lipinski definition) is 1. The molecule has 1 aromatic heterocycles. The molecule has 0 amide bonds. The molecular formula is C19H18FN. The molecule has 0 unspecified atom stereocenters. The van der Waals surface area contributed by atoms with E-state index in [0.717, 1.165) is 11.3 Å². The van der Waals surface area contributed by atoms with Crippen LogP contribution < -0.4 is 0 Å². The lowest BCUT2D eigenvalue weighted by molar-refractivity contribution is 0.639. The Morgan fingerprint density at radius 2 is 1.81 bits per heavy atom. The van der Waals surface area contributed by atoms with E-state index in [4.69, 9.17) is 0 Å². The third kappa shape index (κ3) is 2.54. The van der Waals surface area contributed by atoms with Crippen LogP contribution in [0.5, 0.6) is 0 Å². The molecule has 0 atom stereocenters. The summed E-state index contributed by atoms with van der Waals surface area (Å²) in [5.74, 6) is 0.200. The molecule has 0 aliphatic heterocycles. The highest BCUT2D eigenvalue weighted by atomic mass is 19.1. The van der Waals surface area contributed by atoms with Crippen molar-refractivity contribution in [2.45, 2.75) is 26.7 Å². The van der Waals surface area contributed by atoms with Crippen LogP contribution in [0.25, 0.3) is 22.2 Å². The number of aryl methyl sites for hydroxylation is 1. The minimum atomic E-state index is -0.222. The van der Waals surface area contributed by atoms with Crippen molar-refractivity contribution < 1.29 is 4.39 Å². The molecule has 0 aliphatic rings. The normalized spacial score (nSPS) is 11.3. The van der Waals surface area contributed by atoms with Crippen molar-refractivity contribution in [3.8, 4) is 11.3 Å². The van der Waals surface area contributed by atoms with E-state index in [-0.39, 0.29) is 5.82 Å². The molecule has 0 N–H and O–H groups in total. The molecule has 0 spiro atoms. The van der Waals surface area contributed by atoms with Gasteiger partial charge in [-0.25, -0.2) is 9.37 Å². The molecule has 106 valence electrons. The van der Waals surface area contributed by atoms with E-state index in [2.05, 4.69) is 44.0 Å². The number of rotatable bonds is 2. The van der Waals surface area contributed by atoms with E-state index in [1.807, 2.05) is 18.2 Å². The van der Waals surface area contributed by atoms with Crippen molar-refractivity contribution >= 4 is 10.9 Å².